The summed E-state index contributed by atoms with van der Waals surface area (Å²) in [5.41, 5.74) is 2.01. The summed E-state index contributed by atoms with van der Waals surface area (Å²) in [4.78, 5) is 32.2. The molecule has 1 aliphatic carbocycles. The zero-order valence-electron chi connectivity index (χ0n) is 19.5. The number of nitrogens with one attached hydrogen (secondary N) is 1. The SMILES string of the molecule is O=C(c1ccc2c(c1)OCO2)c1sc(NC(=O)C2(c3ccc4c(c3)OCO4)CC2)nc1-c1ccccc1. The minimum absolute atomic E-state index is 0.129. The molecule has 1 aromatic heterocycles. The van der Waals surface area contributed by atoms with E-state index in [0.717, 1.165) is 24.0 Å². The van der Waals surface area contributed by atoms with Crippen molar-refractivity contribution in [1.82, 2.24) is 4.98 Å². The number of thiazole rings is 1. The Morgan fingerprint density at radius 3 is 2.22 bits per heavy atom. The van der Waals surface area contributed by atoms with Gasteiger partial charge in [0.15, 0.2) is 28.1 Å². The average Bonchev–Trinajstić information content (AvgIpc) is 3.24. The Morgan fingerprint density at radius 2 is 1.49 bits per heavy atom. The molecule has 2 aliphatic heterocycles. The Hall–Kier alpha value is -4.37. The van der Waals surface area contributed by atoms with Gasteiger partial charge in [-0.15, -0.1) is 0 Å². The van der Waals surface area contributed by atoms with Crippen LogP contribution in [-0.4, -0.2) is 30.3 Å². The normalized spacial score (nSPS) is 15.9. The second kappa shape index (κ2) is 8.35. The van der Waals surface area contributed by atoms with Crippen LogP contribution in [0.2, 0.25) is 0 Å². The predicted molar refractivity (Wildman–Crippen MR) is 136 cm³/mol. The third-order valence-electron chi connectivity index (χ3n) is 6.85. The fraction of sp³-hybridized carbons (Fsp3) is 0.179. The highest BCUT2D eigenvalue weighted by atomic mass is 32.1. The van der Waals surface area contributed by atoms with Gasteiger partial charge >= 0.3 is 0 Å². The number of amides is 1. The smallest absolute Gasteiger partial charge is 0.236 e. The standard InChI is InChI=1S/C28H20N2O6S/c31-24(17-6-8-19-21(12-17)35-14-33-19)25-23(16-4-2-1-3-5-16)29-27(37-25)30-26(32)28(10-11-28)18-7-9-20-22(13-18)36-15-34-20/h1-9,12-13H,10-11,14-15H2,(H,29,30,32). The number of ether oxygens (including phenoxy) is 4. The Labute approximate surface area is 215 Å². The van der Waals surface area contributed by atoms with Crippen LogP contribution in [0.25, 0.3) is 11.3 Å². The monoisotopic (exact) mass is 512 g/mol. The molecule has 0 bridgehead atoms. The summed E-state index contributed by atoms with van der Waals surface area (Å²) in [6, 6.07) is 20.2. The zero-order chi connectivity index (χ0) is 25.0. The lowest BCUT2D eigenvalue weighted by atomic mass is 9.94. The first-order valence-corrected chi connectivity index (χ1v) is 12.6. The van der Waals surface area contributed by atoms with Crippen molar-refractivity contribution >= 4 is 28.2 Å². The topological polar surface area (TPSA) is 96.0 Å². The lowest BCUT2D eigenvalue weighted by Gasteiger charge is -2.15. The Morgan fingerprint density at radius 1 is 0.811 bits per heavy atom. The highest BCUT2D eigenvalue weighted by molar-refractivity contribution is 7.18. The Bertz CT molecular complexity index is 1560. The number of benzene rings is 3. The Kier molecular flexibility index (Phi) is 4.93. The van der Waals surface area contributed by atoms with E-state index in [4.69, 9.17) is 23.9 Å². The molecule has 0 atom stereocenters. The summed E-state index contributed by atoms with van der Waals surface area (Å²) in [5, 5.41) is 3.36. The molecule has 8 nitrogen and oxygen atoms in total. The van der Waals surface area contributed by atoms with Gasteiger partial charge in [-0.2, -0.15) is 0 Å². The van der Waals surface area contributed by atoms with Crippen molar-refractivity contribution < 1.29 is 28.5 Å². The van der Waals surface area contributed by atoms with E-state index in [1.807, 2.05) is 48.5 Å². The molecule has 3 heterocycles. The molecule has 1 N–H and O–H groups in total. The largest absolute Gasteiger partial charge is 0.454 e. The van der Waals surface area contributed by atoms with Gasteiger partial charge in [0.05, 0.1) is 11.1 Å². The molecule has 3 aromatic carbocycles. The minimum Gasteiger partial charge on any atom is -0.454 e. The van der Waals surface area contributed by atoms with Gasteiger partial charge in [0.2, 0.25) is 25.3 Å². The van der Waals surface area contributed by atoms with Crippen molar-refractivity contribution in [3.05, 3.63) is 82.7 Å². The van der Waals surface area contributed by atoms with Gasteiger partial charge in [-0.3, -0.25) is 9.59 Å². The molecule has 3 aliphatic rings. The van der Waals surface area contributed by atoms with Crippen molar-refractivity contribution in [2.45, 2.75) is 18.3 Å². The van der Waals surface area contributed by atoms with Crippen LogP contribution in [0.3, 0.4) is 0 Å². The number of carbonyl (C=O) groups excluding carboxylic acids is 2. The summed E-state index contributed by atoms with van der Waals surface area (Å²) in [6.07, 6.45) is 1.44. The number of nitrogens with zero attached hydrogens (tertiary/aromatic N) is 1. The number of anilines is 1. The highest BCUT2D eigenvalue weighted by Crippen LogP contribution is 2.51. The van der Waals surface area contributed by atoms with Gasteiger partial charge in [0.25, 0.3) is 0 Å². The second-order valence-corrected chi connectivity index (χ2v) is 10.1. The van der Waals surface area contributed by atoms with Crippen LogP contribution >= 0.6 is 11.3 Å². The first kappa shape index (κ1) is 21.9. The van der Waals surface area contributed by atoms with Crippen molar-refractivity contribution in [3.63, 3.8) is 0 Å². The van der Waals surface area contributed by atoms with E-state index < -0.39 is 5.41 Å². The van der Waals surface area contributed by atoms with E-state index in [-0.39, 0.29) is 25.3 Å². The molecule has 0 radical (unpaired) electrons. The molecule has 184 valence electrons. The maximum atomic E-state index is 13.6. The molecule has 1 amide bonds. The third kappa shape index (κ3) is 3.70. The molecule has 0 spiro atoms. The zero-order valence-corrected chi connectivity index (χ0v) is 20.3. The quantitative estimate of drug-likeness (QED) is 0.356. The summed E-state index contributed by atoms with van der Waals surface area (Å²) >= 11 is 1.17. The maximum Gasteiger partial charge on any atom is 0.236 e. The van der Waals surface area contributed by atoms with Gasteiger partial charge in [-0.05, 0) is 48.7 Å². The first-order valence-electron chi connectivity index (χ1n) is 11.8. The third-order valence-corrected chi connectivity index (χ3v) is 7.82. The van der Waals surface area contributed by atoms with Crippen LogP contribution in [0.15, 0.2) is 66.7 Å². The van der Waals surface area contributed by atoms with Gasteiger partial charge in [-0.1, -0.05) is 47.7 Å². The summed E-state index contributed by atoms with van der Waals surface area (Å²) in [5.74, 6) is 2.11. The molecule has 0 saturated heterocycles. The molecule has 4 aromatic rings. The number of carbonyl (C=O) groups is 2. The van der Waals surface area contributed by atoms with E-state index in [2.05, 4.69) is 5.32 Å². The van der Waals surface area contributed by atoms with Gasteiger partial charge < -0.3 is 24.3 Å². The number of aromatic nitrogens is 1. The molecule has 1 saturated carbocycles. The summed E-state index contributed by atoms with van der Waals surface area (Å²) in [6.45, 7) is 0.309. The number of fused-ring (bicyclic) bond motifs is 2. The van der Waals surface area contributed by atoms with Crippen molar-refractivity contribution in [1.29, 1.82) is 0 Å². The fourth-order valence-electron chi connectivity index (χ4n) is 4.67. The van der Waals surface area contributed by atoms with Crippen LogP contribution in [0.1, 0.15) is 33.6 Å². The average molecular weight is 513 g/mol. The van der Waals surface area contributed by atoms with Crippen molar-refractivity contribution in [2.75, 3.05) is 18.9 Å². The van der Waals surface area contributed by atoms with Crippen LogP contribution in [0.4, 0.5) is 5.13 Å². The van der Waals surface area contributed by atoms with Crippen molar-refractivity contribution in [2.24, 2.45) is 0 Å². The molecule has 1 fully saturated rings. The molecule has 7 rings (SSSR count). The van der Waals surface area contributed by atoms with E-state index in [9.17, 15) is 9.59 Å². The van der Waals surface area contributed by atoms with Gasteiger partial charge in [0, 0.05) is 11.1 Å². The van der Waals surface area contributed by atoms with Crippen LogP contribution in [-0.2, 0) is 10.2 Å². The first-order chi connectivity index (χ1) is 18.1. The second-order valence-electron chi connectivity index (χ2n) is 9.06. The number of hydrogen-bond donors (Lipinski definition) is 1. The van der Waals surface area contributed by atoms with E-state index in [1.165, 1.54) is 11.3 Å². The number of ketones is 1. The summed E-state index contributed by atoms with van der Waals surface area (Å²) in [7, 11) is 0. The molecule has 0 unspecified atom stereocenters. The van der Waals surface area contributed by atoms with Crippen LogP contribution < -0.4 is 24.3 Å². The van der Waals surface area contributed by atoms with E-state index in [0.29, 0.717) is 44.3 Å². The Balaban J connectivity index is 1.22. The van der Waals surface area contributed by atoms with Crippen molar-refractivity contribution in [3.8, 4) is 34.3 Å². The van der Waals surface area contributed by atoms with Crippen LogP contribution in [0, 0.1) is 0 Å². The van der Waals surface area contributed by atoms with Gasteiger partial charge in [0.1, 0.15) is 4.88 Å². The van der Waals surface area contributed by atoms with E-state index in [1.54, 1.807) is 18.2 Å². The lowest BCUT2D eigenvalue weighted by Crippen LogP contribution is -2.27. The molecule has 37 heavy (non-hydrogen) atoms. The highest BCUT2D eigenvalue weighted by Gasteiger charge is 2.52. The summed E-state index contributed by atoms with van der Waals surface area (Å²) < 4.78 is 21.7. The minimum atomic E-state index is -0.652. The molecule has 9 heteroatoms. The van der Waals surface area contributed by atoms with Crippen LogP contribution in [0.5, 0.6) is 23.0 Å². The fourth-order valence-corrected chi connectivity index (χ4v) is 5.62. The predicted octanol–water partition coefficient (Wildman–Crippen LogP) is 5.17. The number of hydrogen-bond acceptors (Lipinski definition) is 8. The van der Waals surface area contributed by atoms with Gasteiger partial charge in [-0.25, -0.2) is 4.98 Å². The molecular formula is C28H20N2O6S. The number of rotatable bonds is 6. The molecular weight excluding hydrogens is 492 g/mol. The van der Waals surface area contributed by atoms with E-state index >= 15 is 0 Å². The maximum absolute atomic E-state index is 13.6. The lowest BCUT2D eigenvalue weighted by molar-refractivity contribution is -0.118.